The number of hydrogen-bond acceptors (Lipinski definition) is 3. The monoisotopic (exact) mass is 313 g/mol. The third kappa shape index (κ3) is 3.31. The number of benzene rings is 1. The fourth-order valence-electron chi connectivity index (χ4n) is 1.47. The molecular formula is C13H9Cl2NO4. The molecule has 0 amide bonds. The predicted octanol–water partition coefficient (Wildman–Crippen LogP) is 2.48. The van der Waals surface area contributed by atoms with E-state index in [-0.39, 0.29) is 12.2 Å². The molecule has 5 nitrogen and oxygen atoms in total. The third-order valence-corrected chi connectivity index (χ3v) is 3.22. The van der Waals surface area contributed by atoms with Crippen molar-refractivity contribution in [3.63, 3.8) is 0 Å². The summed E-state index contributed by atoms with van der Waals surface area (Å²) in [6, 6.07) is 7.25. The highest BCUT2D eigenvalue weighted by Gasteiger charge is 2.06. The summed E-state index contributed by atoms with van der Waals surface area (Å²) in [5.74, 6) is -1.14. The molecule has 0 aliphatic heterocycles. The van der Waals surface area contributed by atoms with Crippen LogP contribution >= 0.6 is 23.2 Å². The van der Waals surface area contributed by atoms with Crippen LogP contribution in [0.15, 0.2) is 41.3 Å². The second-order valence-corrected chi connectivity index (χ2v) is 4.72. The van der Waals surface area contributed by atoms with E-state index in [0.717, 1.165) is 17.0 Å². The Morgan fingerprint density at radius 1 is 1.20 bits per heavy atom. The van der Waals surface area contributed by atoms with Gasteiger partial charge in [0.2, 0.25) is 0 Å². The van der Waals surface area contributed by atoms with Crippen molar-refractivity contribution < 1.29 is 14.7 Å². The summed E-state index contributed by atoms with van der Waals surface area (Å²) in [5.41, 5.74) is 0.195. The molecule has 0 saturated heterocycles. The van der Waals surface area contributed by atoms with Gasteiger partial charge >= 0.3 is 5.97 Å². The van der Waals surface area contributed by atoms with Crippen LogP contribution in [-0.2, 0) is 6.61 Å². The number of hydrogen-bond donors (Lipinski definition) is 1. The van der Waals surface area contributed by atoms with E-state index in [1.807, 2.05) is 0 Å². The first kappa shape index (κ1) is 14.4. The van der Waals surface area contributed by atoms with Crippen molar-refractivity contribution in [2.45, 2.75) is 6.61 Å². The molecule has 0 unspecified atom stereocenters. The van der Waals surface area contributed by atoms with E-state index in [0.29, 0.717) is 15.6 Å². The van der Waals surface area contributed by atoms with Crippen molar-refractivity contribution in [3.8, 4) is 0 Å². The normalized spacial score (nSPS) is 10.3. The first-order valence-corrected chi connectivity index (χ1v) is 6.26. The molecule has 1 aromatic heterocycles. The molecule has 0 radical (unpaired) electrons. The Bertz CT molecular complexity index is 712. The Labute approximate surface area is 123 Å². The molecule has 0 fully saturated rings. The second-order valence-electron chi connectivity index (χ2n) is 3.91. The number of nitrogens with zero attached hydrogens (tertiary/aromatic N) is 1. The molecule has 0 spiro atoms. The molecule has 20 heavy (non-hydrogen) atoms. The minimum atomic E-state index is -1.14. The standard InChI is InChI=1S/C13H9Cl2NO4/c14-10-3-1-8(5-11(10)15)7-20-16-6-9(13(18)19)2-4-12(16)17/h1-6H,7H2,(H,18,19). The van der Waals surface area contributed by atoms with Gasteiger partial charge in [-0.25, -0.2) is 4.79 Å². The Hall–Kier alpha value is -1.98. The molecule has 7 heteroatoms. The molecule has 0 aliphatic rings. The van der Waals surface area contributed by atoms with Crippen molar-refractivity contribution in [2.75, 3.05) is 0 Å². The number of carboxylic acids is 1. The van der Waals surface area contributed by atoms with Gasteiger partial charge in [0, 0.05) is 6.07 Å². The maximum Gasteiger partial charge on any atom is 0.337 e. The van der Waals surface area contributed by atoms with E-state index in [9.17, 15) is 9.59 Å². The van der Waals surface area contributed by atoms with Gasteiger partial charge in [0.15, 0.2) is 0 Å². The van der Waals surface area contributed by atoms with Gasteiger partial charge in [-0.2, -0.15) is 4.73 Å². The van der Waals surface area contributed by atoms with E-state index in [1.54, 1.807) is 18.2 Å². The maximum atomic E-state index is 11.5. The minimum absolute atomic E-state index is 0.0428. The number of carbonyl (C=O) groups is 1. The average molecular weight is 314 g/mol. The van der Waals surface area contributed by atoms with Crippen LogP contribution in [0.2, 0.25) is 10.0 Å². The maximum absolute atomic E-state index is 11.5. The summed E-state index contributed by atoms with van der Waals surface area (Å²) in [6.45, 7) is 0.0554. The van der Waals surface area contributed by atoms with E-state index in [4.69, 9.17) is 33.1 Å². The van der Waals surface area contributed by atoms with Crippen LogP contribution in [0.25, 0.3) is 0 Å². The van der Waals surface area contributed by atoms with Gasteiger partial charge in [-0.3, -0.25) is 4.79 Å². The number of aromatic nitrogens is 1. The number of halogens is 2. The highest BCUT2D eigenvalue weighted by atomic mass is 35.5. The van der Waals surface area contributed by atoms with Crippen LogP contribution in [-0.4, -0.2) is 15.8 Å². The van der Waals surface area contributed by atoms with Crippen molar-refractivity contribution in [1.82, 2.24) is 4.73 Å². The zero-order valence-electron chi connectivity index (χ0n) is 10.0. The fourth-order valence-corrected chi connectivity index (χ4v) is 1.79. The van der Waals surface area contributed by atoms with Gasteiger partial charge < -0.3 is 9.94 Å². The number of aromatic carboxylic acids is 1. The Kier molecular flexibility index (Phi) is 4.32. The van der Waals surface area contributed by atoms with E-state index < -0.39 is 11.5 Å². The van der Waals surface area contributed by atoms with Gasteiger partial charge in [0.05, 0.1) is 21.8 Å². The third-order valence-electron chi connectivity index (χ3n) is 2.48. The highest BCUT2D eigenvalue weighted by Crippen LogP contribution is 2.22. The average Bonchev–Trinajstić information content (AvgIpc) is 2.41. The van der Waals surface area contributed by atoms with Crippen LogP contribution in [0, 0.1) is 0 Å². The van der Waals surface area contributed by atoms with Crippen molar-refractivity contribution in [2.24, 2.45) is 0 Å². The van der Waals surface area contributed by atoms with Crippen molar-refractivity contribution >= 4 is 29.2 Å². The molecule has 1 heterocycles. The SMILES string of the molecule is O=C(O)c1ccc(=O)n(OCc2ccc(Cl)c(Cl)c2)c1. The topological polar surface area (TPSA) is 68.5 Å². The molecule has 0 saturated carbocycles. The highest BCUT2D eigenvalue weighted by molar-refractivity contribution is 6.42. The van der Waals surface area contributed by atoms with E-state index in [2.05, 4.69) is 0 Å². The zero-order valence-corrected chi connectivity index (χ0v) is 11.6. The molecule has 0 atom stereocenters. The lowest BCUT2D eigenvalue weighted by Gasteiger charge is -2.09. The summed E-state index contributed by atoms with van der Waals surface area (Å²) in [4.78, 5) is 27.6. The van der Waals surface area contributed by atoms with Crippen LogP contribution < -0.4 is 10.4 Å². The van der Waals surface area contributed by atoms with E-state index in [1.165, 1.54) is 6.07 Å². The molecule has 2 rings (SSSR count). The van der Waals surface area contributed by atoms with Crippen LogP contribution in [0.3, 0.4) is 0 Å². The van der Waals surface area contributed by atoms with Gasteiger partial charge in [-0.1, -0.05) is 29.3 Å². The lowest BCUT2D eigenvalue weighted by Crippen LogP contribution is -2.26. The lowest BCUT2D eigenvalue weighted by molar-refractivity contribution is 0.0674. The van der Waals surface area contributed by atoms with Gasteiger partial charge in [0.1, 0.15) is 6.61 Å². The minimum Gasteiger partial charge on any atom is -0.478 e. The van der Waals surface area contributed by atoms with Crippen LogP contribution in [0.5, 0.6) is 0 Å². The van der Waals surface area contributed by atoms with Gasteiger partial charge in [-0.15, -0.1) is 0 Å². The molecule has 1 aromatic carbocycles. The van der Waals surface area contributed by atoms with Crippen molar-refractivity contribution in [3.05, 3.63) is 68.1 Å². The predicted molar refractivity (Wildman–Crippen MR) is 74.4 cm³/mol. The molecule has 2 aromatic rings. The molecule has 1 N–H and O–H groups in total. The summed E-state index contributed by atoms with van der Waals surface area (Å²) >= 11 is 11.6. The number of pyridine rings is 1. The first-order valence-electron chi connectivity index (χ1n) is 5.50. The summed E-state index contributed by atoms with van der Waals surface area (Å²) in [6.07, 6.45) is 1.11. The largest absolute Gasteiger partial charge is 0.478 e. The summed E-state index contributed by atoms with van der Waals surface area (Å²) < 4.78 is 0.867. The van der Waals surface area contributed by atoms with Crippen molar-refractivity contribution in [1.29, 1.82) is 0 Å². The number of rotatable bonds is 4. The Morgan fingerprint density at radius 2 is 1.95 bits per heavy atom. The molecule has 0 aliphatic carbocycles. The first-order chi connectivity index (χ1) is 9.47. The Morgan fingerprint density at radius 3 is 2.60 bits per heavy atom. The summed E-state index contributed by atoms with van der Waals surface area (Å²) in [5, 5.41) is 9.64. The quantitative estimate of drug-likeness (QED) is 0.941. The van der Waals surface area contributed by atoms with Gasteiger partial charge in [0.25, 0.3) is 5.56 Å². The Balaban J connectivity index is 2.18. The fraction of sp³-hybridized carbons (Fsp3) is 0.0769. The molecular weight excluding hydrogens is 305 g/mol. The van der Waals surface area contributed by atoms with Crippen LogP contribution in [0.4, 0.5) is 0 Å². The smallest absolute Gasteiger partial charge is 0.337 e. The van der Waals surface area contributed by atoms with Crippen LogP contribution in [0.1, 0.15) is 15.9 Å². The van der Waals surface area contributed by atoms with Gasteiger partial charge in [-0.05, 0) is 23.8 Å². The zero-order chi connectivity index (χ0) is 14.7. The number of carboxylic acid groups (broad SMARTS) is 1. The molecule has 104 valence electrons. The lowest BCUT2D eigenvalue weighted by atomic mass is 10.2. The second kappa shape index (κ2) is 5.98. The van der Waals surface area contributed by atoms with E-state index >= 15 is 0 Å². The summed E-state index contributed by atoms with van der Waals surface area (Å²) in [7, 11) is 0. The molecule has 0 bridgehead atoms.